The van der Waals surface area contributed by atoms with Gasteiger partial charge in [-0.2, -0.15) is 0 Å². The summed E-state index contributed by atoms with van der Waals surface area (Å²) in [6.07, 6.45) is 0. The van der Waals surface area contributed by atoms with Crippen LogP contribution in [-0.4, -0.2) is 33.5 Å². The number of ether oxygens (including phenoxy) is 2. The Balaban J connectivity index is 1.55. The van der Waals surface area contributed by atoms with E-state index in [1.807, 2.05) is 48.9 Å². The Morgan fingerprint density at radius 2 is 1.97 bits per heavy atom. The van der Waals surface area contributed by atoms with Gasteiger partial charge in [-0.1, -0.05) is 30.0 Å². The van der Waals surface area contributed by atoms with E-state index in [2.05, 4.69) is 28.5 Å². The Bertz CT molecular complexity index is 1000. The molecule has 3 rings (SSSR count). The second-order valence-corrected chi connectivity index (χ2v) is 7.46. The van der Waals surface area contributed by atoms with E-state index < -0.39 is 0 Å². The lowest BCUT2D eigenvalue weighted by Gasteiger charge is -2.10. The molecule has 0 saturated heterocycles. The van der Waals surface area contributed by atoms with Gasteiger partial charge < -0.3 is 19.4 Å². The minimum Gasteiger partial charge on any atom is -0.497 e. The fourth-order valence-electron chi connectivity index (χ4n) is 2.65. The van der Waals surface area contributed by atoms with Crippen LogP contribution in [0.15, 0.2) is 47.6 Å². The maximum absolute atomic E-state index is 12.2. The van der Waals surface area contributed by atoms with Crippen LogP contribution in [0.25, 0.3) is 0 Å². The Kier molecular flexibility index (Phi) is 6.77. The van der Waals surface area contributed by atoms with Gasteiger partial charge in [0, 0.05) is 18.8 Å². The first kappa shape index (κ1) is 20.7. The van der Waals surface area contributed by atoms with Gasteiger partial charge in [0.05, 0.1) is 12.9 Å². The number of methoxy groups -OCH3 is 1. The first-order chi connectivity index (χ1) is 14.0. The molecule has 7 nitrogen and oxygen atoms in total. The van der Waals surface area contributed by atoms with E-state index in [9.17, 15) is 4.79 Å². The molecule has 0 radical (unpaired) electrons. The van der Waals surface area contributed by atoms with E-state index in [1.165, 1.54) is 17.3 Å². The molecule has 1 aromatic heterocycles. The van der Waals surface area contributed by atoms with E-state index >= 15 is 0 Å². The fourth-order valence-corrected chi connectivity index (χ4v) is 3.38. The van der Waals surface area contributed by atoms with Crippen molar-refractivity contribution in [1.82, 2.24) is 14.8 Å². The fraction of sp³-hybridized carbons (Fsp3) is 0.286. The van der Waals surface area contributed by atoms with Crippen molar-refractivity contribution in [1.29, 1.82) is 0 Å². The molecule has 1 heterocycles. The average molecular weight is 413 g/mol. The average Bonchev–Trinajstić information content (AvgIpc) is 3.07. The van der Waals surface area contributed by atoms with Crippen LogP contribution in [-0.2, 0) is 18.4 Å². The predicted octanol–water partition coefficient (Wildman–Crippen LogP) is 3.75. The minimum atomic E-state index is -0.126. The Hall–Kier alpha value is -3.00. The summed E-state index contributed by atoms with van der Waals surface area (Å²) in [7, 11) is 3.45. The zero-order chi connectivity index (χ0) is 20.8. The highest BCUT2D eigenvalue weighted by atomic mass is 32.2. The number of aromatic nitrogens is 3. The monoisotopic (exact) mass is 412 g/mol. The third-order valence-corrected chi connectivity index (χ3v) is 5.54. The van der Waals surface area contributed by atoms with Crippen molar-refractivity contribution in [2.24, 2.45) is 7.05 Å². The van der Waals surface area contributed by atoms with Crippen molar-refractivity contribution in [3.63, 3.8) is 0 Å². The highest BCUT2D eigenvalue weighted by Crippen LogP contribution is 2.23. The van der Waals surface area contributed by atoms with E-state index in [0.717, 1.165) is 11.3 Å². The normalized spacial score (nSPS) is 10.6. The number of amides is 1. The number of benzene rings is 2. The number of anilines is 1. The van der Waals surface area contributed by atoms with Crippen molar-refractivity contribution < 1.29 is 14.3 Å². The molecular weight excluding hydrogens is 388 g/mol. The molecule has 0 unspecified atom stereocenters. The number of hydrogen-bond donors (Lipinski definition) is 1. The van der Waals surface area contributed by atoms with Crippen molar-refractivity contribution in [3.8, 4) is 11.5 Å². The van der Waals surface area contributed by atoms with Gasteiger partial charge in [0.15, 0.2) is 11.0 Å². The molecule has 0 aliphatic rings. The lowest BCUT2D eigenvalue weighted by Crippen LogP contribution is -2.14. The lowest BCUT2D eigenvalue weighted by atomic mass is 10.1. The first-order valence-electron chi connectivity index (χ1n) is 9.12. The maximum atomic E-state index is 12.2. The lowest BCUT2D eigenvalue weighted by molar-refractivity contribution is -0.113. The first-order valence-corrected chi connectivity index (χ1v) is 10.1. The van der Waals surface area contributed by atoms with E-state index in [-0.39, 0.29) is 11.7 Å². The standard InChI is InChI=1S/C21H24N4O3S/c1-14-7-5-10-18(15(14)2)28-12-19-23-24-21(25(19)3)29-13-20(26)22-16-8-6-9-17(11-16)27-4/h5-11H,12-13H2,1-4H3,(H,22,26). The van der Waals surface area contributed by atoms with Crippen LogP contribution in [0.4, 0.5) is 5.69 Å². The van der Waals surface area contributed by atoms with Crippen LogP contribution in [0.3, 0.4) is 0 Å². The second kappa shape index (κ2) is 9.47. The molecule has 0 bridgehead atoms. The summed E-state index contributed by atoms with van der Waals surface area (Å²) in [5.41, 5.74) is 2.98. The minimum absolute atomic E-state index is 0.126. The van der Waals surface area contributed by atoms with Crippen molar-refractivity contribution >= 4 is 23.4 Å². The molecular formula is C21H24N4O3S. The topological polar surface area (TPSA) is 78.3 Å². The molecule has 1 N–H and O–H groups in total. The molecule has 0 fully saturated rings. The number of nitrogens with one attached hydrogen (secondary N) is 1. The van der Waals surface area contributed by atoms with Gasteiger partial charge in [0.1, 0.15) is 18.1 Å². The zero-order valence-electron chi connectivity index (χ0n) is 16.9. The molecule has 3 aromatic rings. The zero-order valence-corrected chi connectivity index (χ0v) is 17.7. The molecule has 0 spiro atoms. The van der Waals surface area contributed by atoms with Crippen LogP contribution in [0.1, 0.15) is 17.0 Å². The van der Waals surface area contributed by atoms with Gasteiger partial charge >= 0.3 is 0 Å². The summed E-state index contributed by atoms with van der Waals surface area (Å²) in [5, 5.41) is 11.9. The SMILES string of the molecule is COc1cccc(NC(=O)CSc2nnc(COc3cccc(C)c3C)n2C)c1. The Labute approximate surface area is 174 Å². The number of nitrogens with zero attached hydrogens (tertiary/aromatic N) is 3. The number of thioether (sulfide) groups is 1. The van der Waals surface area contributed by atoms with Crippen molar-refractivity contribution in [2.45, 2.75) is 25.6 Å². The van der Waals surface area contributed by atoms with Crippen LogP contribution in [0, 0.1) is 13.8 Å². The van der Waals surface area contributed by atoms with Crippen LogP contribution < -0.4 is 14.8 Å². The summed E-state index contributed by atoms with van der Waals surface area (Å²) in [6.45, 7) is 4.39. The van der Waals surface area contributed by atoms with Crippen LogP contribution >= 0.6 is 11.8 Å². The molecule has 0 aliphatic heterocycles. The number of hydrogen-bond acceptors (Lipinski definition) is 6. The predicted molar refractivity (Wildman–Crippen MR) is 114 cm³/mol. The largest absolute Gasteiger partial charge is 0.497 e. The summed E-state index contributed by atoms with van der Waals surface area (Å²) in [5.74, 6) is 2.32. The molecule has 2 aromatic carbocycles. The van der Waals surface area contributed by atoms with Gasteiger partial charge in [0.2, 0.25) is 5.91 Å². The summed E-state index contributed by atoms with van der Waals surface area (Å²) < 4.78 is 12.9. The van der Waals surface area contributed by atoms with Crippen LogP contribution in [0.2, 0.25) is 0 Å². The Morgan fingerprint density at radius 3 is 2.76 bits per heavy atom. The number of aryl methyl sites for hydroxylation is 1. The highest BCUT2D eigenvalue weighted by Gasteiger charge is 2.13. The van der Waals surface area contributed by atoms with E-state index in [0.29, 0.717) is 29.0 Å². The van der Waals surface area contributed by atoms with Crippen LogP contribution in [0.5, 0.6) is 11.5 Å². The molecule has 1 amide bonds. The summed E-state index contributed by atoms with van der Waals surface area (Å²) in [6, 6.07) is 13.2. The number of rotatable bonds is 8. The highest BCUT2D eigenvalue weighted by molar-refractivity contribution is 7.99. The van der Waals surface area contributed by atoms with Crippen molar-refractivity contribution in [3.05, 3.63) is 59.4 Å². The third kappa shape index (κ3) is 5.29. The second-order valence-electron chi connectivity index (χ2n) is 6.51. The number of carbonyl (C=O) groups is 1. The molecule has 29 heavy (non-hydrogen) atoms. The van der Waals surface area contributed by atoms with Gasteiger partial charge in [-0.05, 0) is 43.2 Å². The van der Waals surface area contributed by atoms with Gasteiger partial charge in [0.25, 0.3) is 0 Å². The van der Waals surface area contributed by atoms with E-state index in [4.69, 9.17) is 9.47 Å². The van der Waals surface area contributed by atoms with Gasteiger partial charge in [-0.25, -0.2) is 0 Å². The molecule has 0 saturated carbocycles. The molecule has 0 atom stereocenters. The van der Waals surface area contributed by atoms with Gasteiger partial charge in [-0.15, -0.1) is 10.2 Å². The third-order valence-electron chi connectivity index (χ3n) is 4.52. The summed E-state index contributed by atoms with van der Waals surface area (Å²) >= 11 is 1.32. The maximum Gasteiger partial charge on any atom is 0.234 e. The smallest absolute Gasteiger partial charge is 0.234 e. The molecule has 152 valence electrons. The summed E-state index contributed by atoms with van der Waals surface area (Å²) in [4.78, 5) is 12.2. The van der Waals surface area contributed by atoms with Crippen molar-refractivity contribution in [2.75, 3.05) is 18.2 Å². The molecule has 0 aliphatic carbocycles. The molecule has 8 heteroatoms. The Morgan fingerprint density at radius 1 is 1.17 bits per heavy atom. The van der Waals surface area contributed by atoms with Gasteiger partial charge in [-0.3, -0.25) is 4.79 Å². The number of carbonyl (C=O) groups excluding carboxylic acids is 1. The quantitative estimate of drug-likeness (QED) is 0.568. The van der Waals surface area contributed by atoms with E-state index in [1.54, 1.807) is 13.2 Å².